The highest BCUT2D eigenvalue weighted by Gasteiger charge is 2.19. The fourth-order valence-electron chi connectivity index (χ4n) is 7.42. The number of rotatable bonds is 43. The van der Waals surface area contributed by atoms with Gasteiger partial charge in [-0.15, -0.1) is 0 Å². The summed E-state index contributed by atoms with van der Waals surface area (Å²) >= 11 is 0. The average molecular weight is 720 g/mol. The number of hydrogen-bond acceptors (Lipinski definition) is 3. The zero-order chi connectivity index (χ0) is 37.1. The van der Waals surface area contributed by atoms with Crippen molar-refractivity contribution >= 4 is 5.91 Å². The largest absolute Gasteiger partial charge is 0.394 e. The molecule has 0 spiro atoms. The molecule has 0 heterocycles. The molecule has 51 heavy (non-hydrogen) atoms. The maximum Gasteiger partial charge on any atom is 0.220 e. The van der Waals surface area contributed by atoms with Crippen molar-refractivity contribution in [3.8, 4) is 0 Å². The van der Waals surface area contributed by atoms with Crippen LogP contribution in [0.3, 0.4) is 0 Å². The minimum absolute atomic E-state index is 0.0356. The van der Waals surface area contributed by atoms with E-state index in [0.29, 0.717) is 12.8 Å². The van der Waals surface area contributed by atoms with Gasteiger partial charge in [-0.3, -0.25) is 4.79 Å². The van der Waals surface area contributed by atoms with Crippen LogP contribution in [0.4, 0.5) is 0 Å². The van der Waals surface area contributed by atoms with Crippen LogP contribution in [0, 0.1) is 0 Å². The Morgan fingerprint density at radius 3 is 1.08 bits per heavy atom. The summed E-state index contributed by atoms with van der Waals surface area (Å²) in [6.45, 7) is 4.37. The number of aliphatic hydroxyl groups excluding tert-OH is 2. The van der Waals surface area contributed by atoms with Gasteiger partial charge >= 0.3 is 0 Å². The smallest absolute Gasteiger partial charge is 0.220 e. The van der Waals surface area contributed by atoms with E-state index in [4.69, 9.17) is 0 Å². The minimum Gasteiger partial charge on any atom is -0.394 e. The van der Waals surface area contributed by atoms with Crippen LogP contribution in [0.2, 0.25) is 0 Å². The third kappa shape index (κ3) is 40.2. The van der Waals surface area contributed by atoms with Gasteiger partial charge in [0.05, 0.1) is 18.8 Å². The second kappa shape index (κ2) is 43.5. The van der Waals surface area contributed by atoms with E-state index in [0.717, 1.165) is 32.1 Å². The standard InChI is InChI=1S/C47H93NO3/c1-3-5-7-9-11-13-15-17-19-21-22-23-24-25-26-27-29-31-33-35-37-39-41-43-47(51)48-45(44-49)46(50)42-40-38-36-34-32-30-28-20-18-16-14-12-10-8-6-4-2/h32,34,45-46,49-50H,3-31,33,35-44H2,1-2H3,(H,48,51)/b34-32+/t45-,46+/m0/s1. The van der Waals surface area contributed by atoms with Crippen LogP contribution in [-0.4, -0.2) is 34.9 Å². The predicted octanol–water partition coefficient (Wildman–Crippen LogP) is 14.6. The normalized spacial score (nSPS) is 12.9. The van der Waals surface area contributed by atoms with Gasteiger partial charge in [0.25, 0.3) is 0 Å². The molecule has 0 aliphatic carbocycles. The second-order valence-electron chi connectivity index (χ2n) is 16.2. The maximum atomic E-state index is 12.4. The summed E-state index contributed by atoms with van der Waals surface area (Å²) in [6, 6.07) is -0.547. The molecule has 4 heteroatoms. The third-order valence-corrected chi connectivity index (χ3v) is 11.0. The molecule has 0 bridgehead atoms. The third-order valence-electron chi connectivity index (χ3n) is 11.0. The van der Waals surface area contributed by atoms with Crippen LogP contribution in [0.5, 0.6) is 0 Å². The van der Waals surface area contributed by atoms with Crippen molar-refractivity contribution in [3.05, 3.63) is 12.2 Å². The van der Waals surface area contributed by atoms with Crippen LogP contribution in [0.25, 0.3) is 0 Å². The van der Waals surface area contributed by atoms with E-state index in [-0.39, 0.29) is 12.5 Å². The van der Waals surface area contributed by atoms with Gasteiger partial charge in [-0.2, -0.15) is 0 Å². The highest BCUT2D eigenvalue weighted by Crippen LogP contribution is 2.16. The topological polar surface area (TPSA) is 69.6 Å². The van der Waals surface area contributed by atoms with Crippen molar-refractivity contribution in [2.75, 3.05) is 6.61 Å². The van der Waals surface area contributed by atoms with Crippen LogP contribution in [0.1, 0.15) is 264 Å². The van der Waals surface area contributed by atoms with Gasteiger partial charge in [0.15, 0.2) is 0 Å². The van der Waals surface area contributed by atoms with Crippen molar-refractivity contribution in [2.45, 2.75) is 276 Å². The summed E-state index contributed by atoms with van der Waals surface area (Å²) in [5, 5.41) is 23.2. The molecule has 0 fully saturated rings. The number of carbonyl (C=O) groups is 1. The van der Waals surface area contributed by atoms with Gasteiger partial charge in [0, 0.05) is 6.42 Å². The molecule has 0 aromatic rings. The molecule has 4 nitrogen and oxygen atoms in total. The molecule has 1 amide bonds. The van der Waals surface area contributed by atoms with Crippen LogP contribution in [-0.2, 0) is 4.79 Å². The molecule has 0 radical (unpaired) electrons. The van der Waals surface area contributed by atoms with Crippen LogP contribution < -0.4 is 5.32 Å². The monoisotopic (exact) mass is 720 g/mol. The SMILES string of the molecule is CCCCCCCCCCCC/C=C/CCCC[C@@H](O)[C@H](CO)NC(=O)CCCCCCCCCCCCCCCCCCCCCCCCC. The molecule has 3 N–H and O–H groups in total. The molecule has 2 atom stereocenters. The summed E-state index contributed by atoms with van der Waals surface area (Å²) in [5.74, 6) is -0.0356. The van der Waals surface area contributed by atoms with Crippen molar-refractivity contribution in [1.82, 2.24) is 5.32 Å². The number of nitrogens with one attached hydrogen (secondary N) is 1. The molecule has 0 saturated heterocycles. The van der Waals surface area contributed by atoms with Crippen LogP contribution in [0.15, 0.2) is 12.2 Å². The zero-order valence-electron chi connectivity index (χ0n) is 34.9. The van der Waals surface area contributed by atoms with E-state index >= 15 is 0 Å². The first-order valence-electron chi connectivity index (χ1n) is 23.4. The van der Waals surface area contributed by atoms with Gasteiger partial charge in [-0.05, 0) is 38.5 Å². The Balaban J connectivity index is 3.47. The first-order chi connectivity index (χ1) is 25.2. The summed E-state index contributed by atoms with van der Waals surface area (Å²) in [7, 11) is 0. The van der Waals surface area contributed by atoms with Gasteiger partial charge in [-0.25, -0.2) is 0 Å². The fourth-order valence-corrected chi connectivity index (χ4v) is 7.42. The Morgan fingerprint density at radius 1 is 0.451 bits per heavy atom. The van der Waals surface area contributed by atoms with E-state index in [1.807, 2.05) is 0 Å². The van der Waals surface area contributed by atoms with Gasteiger partial charge in [0.1, 0.15) is 0 Å². The Kier molecular flexibility index (Phi) is 42.8. The zero-order valence-corrected chi connectivity index (χ0v) is 34.9. The quantitative estimate of drug-likeness (QED) is 0.0434. The Bertz CT molecular complexity index is 695. The number of unbranched alkanes of at least 4 members (excludes halogenated alkanes) is 34. The maximum absolute atomic E-state index is 12.4. The number of amides is 1. The molecule has 0 aromatic carbocycles. The average Bonchev–Trinajstić information content (AvgIpc) is 3.13. The molecule has 0 saturated carbocycles. The highest BCUT2D eigenvalue weighted by molar-refractivity contribution is 5.76. The van der Waals surface area contributed by atoms with Crippen molar-refractivity contribution < 1.29 is 15.0 Å². The minimum atomic E-state index is -0.677. The summed E-state index contributed by atoms with van der Waals surface area (Å²) in [6.07, 6.45) is 54.5. The molecule has 304 valence electrons. The van der Waals surface area contributed by atoms with Gasteiger partial charge < -0.3 is 15.5 Å². The van der Waals surface area contributed by atoms with E-state index in [1.165, 1.54) is 205 Å². The molecule has 0 aliphatic rings. The fraction of sp³-hybridized carbons (Fsp3) is 0.936. The lowest BCUT2D eigenvalue weighted by Gasteiger charge is -2.22. The Hall–Kier alpha value is -0.870. The van der Waals surface area contributed by atoms with Crippen molar-refractivity contribution in [3.63, 3.8) is 0 Å². The lowest BCUT2D eigenvalue weighted by atomic mass is 10.0. The Labute approximate surface area is 320 Å². The van der Waals surface area contributed by atoms with Crippen molar-refractivity contribution in [1.29, 1.82) is 0 Å². The highest BCUT2D eigenvalue weighted by atomic mass is 16.3. The van der Waals surface area contributed by atoms with Crippen molar-refractivity contribution in [2.24, 2.45) is 0 Å². The molecule has 0 aromatic heterocycles. The number of carbonyl (C=O) groups excluding carboxylic acids is 1. The number of aliphatic hydroxyl groups is 2. The van der Waals surface area contributed by atoms with E-state index < -0.39 is 12.1 Å². The first kappa shape index (κ1) is 50.1. The lowest BCUT2D eigenvalue weighted by molar-refractivity contribution is -0.123. The molecule has 0 rings (SSSR count). The second-order valence-corrected chi connectivity index (χ2v) is 16.2. The Morgan fingerprint density at radius 2 is 0.745 bits per heavy atom. The molecular weight excluding hydrogens is 627 g/mol. The first-order valence-corrected chi connectivity index (χ1v) is 23.4. The molecule has 0 unspecified atom stereocenters. The van der Waals surface area contributed by atoms with Crippen LogP contribution >= 0.6 is 0 Å². The molecular formula is C47H93NO3. The summed E-state index contributed by atoms with van der Waals surface area (Å²) < 4.78 is 0. The predicted molar refractivity (Wildman–Crippen MR) is 226 cm³/mol. The van der Waals surface area contributed by atoms with E-state index in [9.17, 15) is 15.0 Å². The number of allylic oxidation sites excluding steroid dienone is 2. The lowest BCUT2D eigenvalue weighted by Crippen LogP contribution is -2.45. The van der Waals surface area contributed by atoms with E-state index in [2.05, 4.69) is 31.3 Å². The number of hydrogen-bond donors (Lipinski definition) is 3. The molecule has 0 aliphatic heterocycles. The van der Waals surface area contributed by atoms with E-state index in [1.54, 1.807) is 0 Å². The summed E-state index contributed by atoms with van der Waals surface area (Å²) in [4.78, 5) is 12.4. The van der Waals surface area contributed by atoms with Gasteiger partial charge in [0.2, 0.25) is 5.91 Å². The summed E-state index contributed by atoms with van der Waals surface area (Å²) in [5.41, 5.74) is 0. The van der Waals surface area contributed by atoms with Gasteiger partial charge in [-0.1, -0.05) is 231 Å².